The Balaban J connectivity index is 2.04. The van der Waals surface area contributed by atoms with E-state index in [0.717, 1.165) is 30.0 Å². The molecule has 3 heteroatoms. The lowest BCUT2D eigenvalue weighted by Crippen LogP contribution is -2.15. The summed E-state index contributed by atoms with van der Waals surface area (Å²) in [6, 6.07) is 11.9. The molecule has 18 heavy (non-hydrogen) atoms. The highest BCUT2D eigenvalue weighted by Crippen LogP contribution is 2.21. The Morgan fingerprint density at radius 3 is 2.50 bits per heavy atom. The van der Waals surface area contributed by atoms with Crippen molar-refractivity contribution in [3.05, 3.63) is 54.0 Å². The van der Waals surface area contributed by atoms with E-state index in [9.17, 15) is 5.11 Å². The van der Waals surface area contributed by atoms with E-state index in [-0.39, 0.29) is 6.10 Å². The van der Waals surface area contributed by atoms with E-state index in [1.165, 1.54) is 0 Å². The number of benzene rings is 1. The Morgan fingerprint density at radius 2 is 1.94 bits per heavy atom. The molecule has 0 bridgehead atoms. The topological polar surface area (TPSA) is 36.6 Å². The van der Waals surface area contributed by atoms with Crippen molar-refractivity contribution in [1.82, 2.24) is 0 Å². The predicted octanol–water partition coefficient (Wildman–Crippen LogP) is 3.36. The smallest absolute Gasteiger partial charge is 0.123 e. The molecule has 0 amide bonds. The molecular formula is C15H19NO2. The maximum atomic E-state index is 9.74. The van der Waals surface area contributed by atoms with E-state index in [1.54, 1.807) is 6.26 Å². The van der Waals surface area contributed by atoms with Gasteiger partial charge in [0.1, 0.15) is 5.76 Å². The van der Waals surface area contributed by atoms with Crippen molar-refractivity contribution in [2.75, 3.05) is 11.9 Å². The highest BCUT2D eigenvalue weighted by molar-refractivity contribution is 5.47. The van der Waals surface area contributed by atoms with Crippen molar-refractivity contribution in [3.8, 4) is 0 Å². The zero-order chi connectivity index (χ0) is 13.0. The molecule has 1 aromatic heterocycles. The third-order valence-corrected chi connectivity index (χ3v) is 3.08. The first-order chi connectivity index (χ1) is 8.70. The lowest BCUT2D eigenvalue weighted by molar-refractivity contribution is 0.173. The monoisotopic (exact) mass is 245 g/mol. The zero-order valence-electron chi connectivity index (χ0n) is 10.8. The van der Waals surface area contributed by atoms with E-state index >= 15 is 0 Å². The van der Waals surface area contributed by atoms with Crippen molar-refractivity contribution >= 4 is 5.69 Å². The van der Waals surface area contributed by atoms with Crippen molar-refractivity contribution in [1.29, 1.82) is 0 Å². The molecule has 0 spiro atoms. The summed E-state index contributed by atoms with van der Waals surface area (Å²) in [7, 11) is 2.02. The fourth-order valence-electron chi connectivity index (χ4n) is 1.91. The van der Waals surface area contributed by atoms with Crippen LogP contribution in [0.2, 0.25) is 0 Å². The first-order valence-corrected chi connectivity index (χ1v) is 6.22. The first kappa shape index (κ1) is 12.7. The van der Waals surface area contributed by atoms with Gasteiger partial charge >= 0.3 is 0 Å². The average Bonchev–Trinajstić information content (AvgIpc) is 2.91. The maximum absolute atomic E-state index is 9.74. The van der Waals surface area contributed by atoms with Crippen LogP contribution in [0.4, 0.5) is 5.69 Å². The second-order valence-corrected chi connectivity index (χ2v) is 4.45. The molecule has 2 rings (SSSR count). The Labute approximate surface area is 108 Å². The summed E-state index contributed by atoms with van der Waals surface area (Å²) < 4.78 is 5.32. The molecule has 0 saturated heterocycles. The predicted molar refractivity (Wildman–Crippen MR) is 72.5 cm³/mol. The van der Waals surface area contributed by atoms with Gasteiger partial charge in [0.05, 0.1) is 18.9 Å². The molecule has 0 aliphatic heterocycles. The van der Waals surface area contributed by atoms with Gasteiger partial charge < -0.3 is 14.4 Å². The van der Waals surface area contributed by atoms with Gasteiger partial charge in [0, 0.05) is 12.7 Å². The van der Waals surface area contributed by atoms with Crippen molar-refractivity contribution < 1.29 is 9.52 Å². The van der Waals surface area contributed by atoms with Gasteiger partial charge in [0.15, 0.2) is 0 Å². The molecule has 0 fully saturated rings. The molecule has 0 unspecified atom stereocenters. The van der Waals surface area contributed by atoms with Crippen LogP contribution in [0.25, 0.3) is 0 Å². The van der Waals surface area contributed by atoms with Crippen LogP contribution in [0.15, 0.2) is 47.1 Å². The standard InChI is InChI=1S/C15H19NO2/c1-3-15(17)12-6-8-13(9-7-12)16(2)11-14-5-4-10-18-14/h4-10,15,17H,3,11H2,1-2H3/t15-/m1/s1. The van der Waals surface area contributed by atoms with Gasteiger partial charge in [-0.3, -0.25) is 0 Å². The molecule has 0 saturated carbocycles. The fraction of sp³-hybridized carbons (Fsp3) is 0.333. The average molecular weight is 245 g/mol. The minimum atomic E-state index is -0.366. The molecule has 0 radical (unpaired) electrons. The Morgan fingerprint density at radius 1 is 1.22 bits per heavy atom. The van der Waals surface area contributed by atoms with Gasteiger partial charge in [0.25, 0.3) is 0 Å². The lowest BCUT2D eigenvalue weighted by atomic mass is 10.1. The van der Waals surface area contributed by atoms with Gasteiger partial charge in [-0.05, 0) is 36.2 Å². The van der Waals surface area contributed by atoms with Crippen LogP contribution in [-0.4, -0.2) is 12.2 Å². The third-order valence-electron chi connectivity index (χ3n) is 3.08. The highest BCUT2D eigenvalue weighted by atomic mass is 16.3. The quantitative estimate of drug-likeness (QED) is 0.877. The molecule has 0 aliphatic carbocycles. The van der Waals surface area contributed by atoms with Crippen LogP contribution in [0, 0.1) is 0 Å². The summed E-state index contributed by atoms with van der Waals surface area (Å²) >= 11 is 0. The van der Waals surface area contributed by atoms with Crippen LogP contribution in [-0.2, 0) is 6.54 Å². The van der Waals surface area contributed by atoms with Crippen molar-refractivity contribution in [2.45, 2.75) is 26.0 Å². The molecule has 2 aromatic rings. The summed E-state index contributed by atoms with van der Waals surface area (Å²) in [5.41, 5.74) is 2.08. The van der Waals surface area contributed by atoms with Crippen LogP contribution in [0.5, 0.6) is 0 Å². The molecular weight excluding hydrogens is 226 g/mol. The van der Waals surface area contributed by atoms with Gasteiger partial charge in [-0.1, -0.05) is 19.1 Å². The summed E-state index contributed by atoms with van der Waals surface area (Å²) in [6.07, 6.45) is 2.06. The summed E-state index contributed by atoms with van der Waals surface area (Å²) in [5.74, 6) is 0.940. The molecule has 1 heterocycles. The lowest BCUT2D eigenvalue weighted by Gasteiger charge is -2.18. The number of aliphatic hydroxyl groups excluding tert-OH is 1. The van der Waals surface area contributed by atoms with E-state index < -0.39 is 0 Å². The van der Waals surface area contributed by atoms with Gasteiger partial charge in [-0.15, -0.1) is 0 Å². The first-order valence-electron chi connectivity index (χ1n) is 6.22. The number of rotatable bonds is 5. The van der Waals surface area contributed by atoms with E-state index in [2.05, 4.69) is 4.90 Å². The summed E-state index contributed by atoms with van der Waals surface area (Å²) in [6.45, 7) is 2.71. The van der Waals surface area contributed by atoms with Gasteiger partial charge in [0.2, 0.25) is 0 Å². The van der Waals surface area contributed by atoms with E-state index in [1.807, 2.05) is 50.4 Å². The number of anilines is 1. The Hall–Kier alpha value is -1.74. The normalized spacial score (nSPS) is 12.4. The molecule has 1 aromatic carbocycles. The van der Waals surface area contributed by atoms with E-state index in [0.29, 0.717) is 0 Å². The molecule has 96 valence electrons. The number of aliphatic hydroxyl groups is 1. The van der Waals surface area contributed by atoms with Crippen LogP contribution >= 0.6 is 0 Å². The zero-order valence-corrected chi connectivity index (χ0v) is 10.8. The Kier molecular flexibility index (Phi) is 4.05. The second-order valence-electron chi connectivity index (χ2n) is 4.45. The molecule has 1 atom stereocenters. The van der Waals surface area contributed by atoms with Gasteiger partial charge in [-0.2, -0.15) is 0 Å². The minimum Gasteiger partial charge on any atom is -0.467 e. The second kappa shape index (κ2) is 5.74. The SMILES string of the molecule is CC[C@@H](O)c1ccc(N(C)Cc2ccco2)cc1. The maximum Gasteiger partial charge on any atom is 0.123 e. The Bertz CT molecular complexity index is 462. The van der Waals surface area contributed by atoms with Crippen LogP contribution in [0.3, 0.4) is 0 Å². The molecule has 1 N–H and O–H groups in total. The fourth-order valence-corrected chi connectivity index (χ4v) is 1.91. The van der Waals surface area contributed by atoms with Crippen molar-refractivity contribution in [3.63, 3.8) is 0 Å². The number of hydrogen-bond donors (Lipinski definition) is 1. The minimum absolute atomic E-state index is 0.366. The van der Waals surface area contributed by atoms with Crippen LogP contribution in [0.1, 0.15) is 30.8 Å². The molecule has 0 aliphatic rings. The summed E-state index contributed by atoms with van der Waals surface area (Å²) in [5, 5.41) is 9.74. The third kappa shape index (κ3) is 2.93. The highest BCUT2D eigenvalue weighted by Gasteiger charge is 2.07. The number of hydrogen-bond acceptors (Lipinski definition) is 3. The van der Waals surface area contributed by atoms with Gasteiger partial charge in [-0.25, -0.2) is 0 Å². The summed E-state index contributed by atoms with van der Waals surface area (Å²) in [4.78, 5) is 2.11. The van der Waals surface area contributed by atoms with E-state index in [4.69, 9.17) is 4.42 Å². The number of furan rings is 1. The van der Waals surface area contributed by atoms with Crippen molar-refractivity contribution in [2.24, 2.45) is 0 Å². The number of nitrogens with zero attached hydrogens (tertiary/aromatic N) is 1. The largest absolute Gasteiger partial charge is 0.467 e. The van der Waals surface area contributed by atoms with Crippen LogP contribution < -0.4 is 4.90 Å². The molecule has 3 nitrogen and oxygen atoms in total.